The molecule has 0 aliphatic heterocycles. The van der Waals surface area contributed by atoms with Crippen molar-refractivity contribution in [1.29, 1.82) is 0 Å². The first kappa shape index (κ1) is 19.1. The number of nitrogens with one attached hydrogen (secondary N) is 1. The van der Waals surface area contributed by atoms with Crippen molar-refractivity contribution in [2.75, 3.05) is 7.11 Å². The van der Waals surface area contributed by atoms with Crippen LogP contribution in [0, 0.1) is 11.6 Å². The molecule has 1 fully saturated rings. The van der Waals surface area contributed by atoms with Crippen LogP contribution in [-0.4, -0.2) is 22.6 Å². The quantitative estimate of drug-likeness (QED) is 0.691. The number of carbonyl (C=O) groups is 1. The number of benzene rings is 2. The Hall–Kier alpha value is -3.22. The standard InChI is InChI=1S/C22H21F2N3O2/c1-27-12-11-25-20(27)19(14-3-8-17(23)18(24)13-14)26-21(28)22(9-10-22)15-4-6-16(29-2)7-5-15/h3-8,11-13,19H,9-10H2,1-2H3,(H,26,28). The van der Waals surface area contributed by atoms with Crippen molar-refractivity contribution in [3.8, 4) is 5.75 Å². The number of rotatable bonds is 6. The summed E-state index contributed by atoms with van der Waals surface area (Å²) in [4.78, 5) is 17.6. The van der Waals surface area contributed by atoms with Gasteiger partial charge in [-0.1, -0.05) is 18.2 Å². The third-order valence-corrected chi connectivity index (χ3v) is 5.50. The van der Waals surface area contributed by atoms with Crippen LogP contribution in [0.25, 0.3) is 0 Å². The lowest BCUT2D eigenvalue weighted by atomic mass is 9.94. The van der Waals surface area contributed by atoms with E-state index in [1.54, 1.807) is 31.1 Å². The number of methoxy groups -OCH3 is 1. The molecule has 0 spiro atoms. The van der Waals surface area contributed by atoms with Crippen LogP contribution in [0.3, 0.4) is 0 Å². The number of aryl methyl sites for hydroxylation is 1. The summed E-state index contributed by atoms with van der Waals surface area (Å²) in [5.74, 6) is -0.810. The normalized spacial score (nSPS) is 15.6. The van der Waals surface area contributed by atoms with Gasteiger partial charge in [0.15, 0.2) is 11.6 Å². The molecule has 1 aliphatic carbocycles. The number of nitrogens with zero attached hydrogens (tertiary/aromatic N) is 2. The SMILES string of the molecule is COc1ccc(C2(C(=O)NC(c3ccc(F)c(F)c3)c3nccn3C)CC2)cc1. The van der Waals surface area contributed by atoms with Crippen LogP contribution >= 0.6 is 0 Å². The van der Waals surface area contributed by atoms with Crippen molar-refractivity contribution < 1.29 is 18.3 Å². The molecule has 0 radical (unpaired) electrons. The highest BCUT2D eigenvalue weighted by atomic mass is 19.2. The van der Waals surface area contributed by atoms with Crippen molar-refractivity contribution >= 4 is 5.91 Å². The van der Waals surface area contributed by atoms with Gasteiger partial charge in [-0.25, -0.2) is 13.8 Å². The largest absolute Gasteiger partial charge is 0.497 e. The second-order valence-corrected chi connectivity index (χ2v) is 7.29. The van der Waals surface area contributed by atoms with E-state index in [4.69, 9.17) is 4.74 Å². The van der Waals surface area contributed by atoms with E-state index in [9.17, 15) is 13.6 Å². The molecule has 150 valence electrons. The number of amides is 1. The van der Waals surface area contributed by atoms with Gasteiger partial charge in [0.25, 0.3) is 0 Å². The Kier molecular flexibility index (Phi) is 4.82. The van der Waals surface area contributed by atoms with Crippen molar-refractivity contribution in [3.05, 3.63) is 83.4 Å². The first-order valence-corrected chi connectivity index (χ1v) is 9.32. The second-order valence-electron chi connectivity index (χ2n) is 7.29. The summed E-state index contributed by atoms with van der Waals surface area (Å²) in [7, 11) is 3.38. The molecule has 0 bridgehead atoms. The molecule has 1 saturated carbocycles. The first-order chi connectivity index (χ1) is 13.9. The Balaban J connectivity index is 1.66. The average molecular weight is 397 g/mol. The van der Waals surface area contributed by atoms with Gasteiger partial charge in [0, 0.05) is 19.4 Å². The van der Waals surface area contributed by atoms with Gasteiger partial charge in [0.1, 0.15) is 17.6 Å². The monoisotopic (exact) mass is 397 g/mol. The van der Waals surface area contributed by atoms with E-state index in [1.165, 1.54) is 6.07 Å². The molecule has 29 heavy (non-hydrogen) atoms. The summed E-state index contributed by atoms with van der Waals surface area (Å²) in [5, 5.41) is 3.01. The molecular weight excluding hydrogens is 376 g/mol. The van der Waals surface area contributed by atoms with Gasteiger partial charge >= 0.3 is 0 Å². The predicted octanol–water partition coefficient (Wildman–Crippen LogP) is 3.64. The second kappa shape index (κ2) is 7.31. The van der Waals surface area contributed by atoms with Gasteiger partial charge in [0.2, 0.25) is 5.91 Å². The topological polar surface area (TPSA) is 56.1 Å². The minimum absolute atomic E-state index is 0.166. The van der Waals surface area contributed by atoms with Gasteiger partial charge in [-0.3, -0.25) is 4.79 Å². The fourth-order valence-corrected chi connectivity index (χ4v) is 3.60. The fraction of sp³-hybridized carbons (Fsp3) is 0.273. The Morgan fingerprint density at radius 2 is 1.90 bits per heavy atom. The molecule has 1 amide bonds. The van der Waals surface area contributed by atoms with Crippen LogP contribution in [0.4, 0.5) is 8.78 Å². The summed E-state index contributed by atoms with van der Waals surface area (Å²) >= 11 is 0. The summed E-state index contributed by atoms with van der Waals surface area (Å²) in [6.07, 6.45) is 4.78. The highest BCUT2D eigenvalue weighted by Gasteiger charge is 2.51. The van der Waals surface area contributed by atoms with Crippen molar-refractivity contribution in [1.82, 2.24) is 14.9 Å². The summed E-state index contributed by atoms with van der Waals surface area (Å²) < 4.78 is 34.3. The summed E-state index contributed by atoms with van der Waals surface area (Å²) in [5.41, 5.74) is 0.700. The number of hydrogen-bond acceptors (Lipinski definition) is 3. The van der Waals surface area contributed by atoms with Crippen molar-refractivity contribution in [2.24, 2.45) is 7.05 Å². The number of aromatic nitrogens is 2. The predicted molar refractivity (Wildman–Crippen MR) is 103 cm³/mol. The molecule has 1 aliphatic rings. The van der Waals surface area contributed by atoms with Crippen LogP contribution in [0.5, 0.6) is 5.75 Å². The van der Waals surface area contributed by atoms with Crippen LogP contribution in [-0.2, 0) is 17.3 Å². The Morgan fingerprint density at radius 1 is 1.17 bits per heavy atom. The molecule has 1 N–H and O–H groups in total. The average Bonchev–Trinajstić information content (AvgIpc) is 3.44. The van der Waals surface area contributed by atoms with Crippen molar-refractivity contribution in [3.63, 3.8) is 0 Å². The van der Waals surface area contributed by atoms with E-state index in [-0.39, 0.29) is 5.91 Å². The molecule has 1 heterocycles. The molecule has 3 aromatic rings. The number of imidazole rings is 1. The lowest BCUT2D eigenvalue weighted by Gasteiger charge is -2.23. The lowest BCUT2D eigenvalue weighted by molar-refractivity contribution is -0.124. The zero-order valence-electron chi connectivity index (χ0n) is 16.2. The molecule has 1 aromatic heterocycles. The maximum atomic E-state index is 13.9. The van der Waals surface area contributed by atoms with Crippen LogP contribution in [0.2, 0.25) is 0 Å². The zero-order valence-corrected chi connectivity index (χ0v) is 16.2. The van der Waals surface area contributed by atoms with Gasteiger partial charge in [-0.05, 0) is 48.2 Å². The molecule has 4 rings (SSSR count). The van der Waals surface area contributed by atoms with Gasteiger partial charge in [-0.15, -0.1) is 0 Å². The van der Waals surface area contributed by atoms with E-state index >= 15 is 0 Å². The van der Waals surface area contributed by atoms with Gasteiger partial charge in [0.05, 0.1) is 12.5 Å². The van der Waals surface area contributed by atoms with E-state index in [1.807, 2.05) is 24.3 Å². The fourth-order valence-electron chi connectivity index (χ4n) is 3.60. The smallest absolute Gasteiger partial charge is 0.231 e. The molecule has 5 nitrogen and oxygen atoms in total. The Morgan fingerprint density at radius 3 is 2.45 bits per heavy atom. The minimum Gasteiger partial charge on any atom is -0.497 e. The molecule has 1 unspecified atom stereocenters. The highest BCUT2D eigenvalue weighted by molar-refractivity contribution is 5.91. The molecule has 0 saturated heterocycles. The number of ether oxygens (including phenoxy) is 1. The Bertz CT molecular complexity index is 1040. The number of halogens is 2. The Labute approximate surface area is 167 Å². The minimum atomic E-state index is -0.966. The van der Waals surface area contributed by atoms with E-state index in [0.29, 0.717) is 11.4 Å². The highest BCUT2D eigenvalue weighted by Crippen LogP contribution is 2.49. The number of hydrogen-bond donors (Lipinski definition) is 1. The third kappa shape index (κ3) is 3.48. The maximum Gasteiger partial charge on any atom is 0.231 e. The van der Waals surface area contributed by atoms with E-state index in [2.05, 4.69) is 10.3 Å². The molecular formula is C22H21F2N3O2. The van der Waals surface area contributed by atoms with Gasteiger partial charge < -0.3 is 14.6 Å². The van der Waals surface area contributed by atoms with Gasteiger partial charge in [-0.2, -0.15) is 0 Å². The number of carbonyl (C=O) groups excluding carboxylic acids is 1. The molecule has 2 aromatic carbocycles. The van der Waals surface area contributed by atoms with Crippen molar-refractivity contribution in [2.45, 2.75) is 24.3 Å². The molecule has 7 heteroatoms. The van der Waals surface area contributed by atoms with Crippen LogP contribution < -0.4 is 10.1 Å². The third-order valence-electron chi connectivity index (χ3n) is 5.50. The summed E-state index contributed by atoms with van der Waals surface area (Å²) in [6.45, 7) is 0. The van der Waals surface area contributed by atoms with E-state index in [0.717, 1.165) is 36.3 Å². The maximum absolute atomic E-state index is 13.9. The van der Waals surface area contributed by atoms with E-state index < -0.39 is 23.1 Å². The lowest BCUT2D eigenvalue weighted by Crippen LogP contribution is -2.38. The first-order valence-electron chi connectivity index (χ1n) is 9.32. The zero-order chi connectivity index (χ0) is 20.6. The van der Waals surface area contributed by atoms with Crippen LogP contribution in [0.1, 0.15) is 35.8 Å². The molecule has 1 atom stereocenters. The summed E-state index contributed by atoms with van der Waals surface area (Å²) in [6, 6.07) is 10.4. The van der Waals surface area contributed by atoms with Crippen LogP contribution in [0.15, 0.2) is 54.9 Å².